The van der Waals surface area contributed by atoms with Crippen molar-refractivity contribution in [2.24, 2.45) is 0 Å². The molecule has 1 aliphatic heterocycles. The van der Waals surface area contributed by atoms with Crippen LogP contribution in [0.5, 0.6) is 0 Å². The summed E-state index contributed by atoms with van der Waals surface area (Å²) in [5.41, 5.74) is 2.79. The molecular weight excluding hydrogens is 306 g/mol. The molecule has 0 unspecified atom stereocenters. The van der Waals surface area contributed by atoms with Crippen LogP contribution in [0.15, 0.2) is 23.3 Å². The van der Waals surface area contributed by atoms with Gasteiger partial charge in [0.25, 0.3) is 0 Å². The molecule has 1 aliphatic rings. The van der Waals surface area contributed by atoms with E-state index in [1.54, 1.807) is 0 Å². The van der Waals surface area contributed by atoms with Crippen molar-refractivity contribution in [3.8, 4) is 0 Å². The Hall–Kier alpha value is -0.910. The topological polar surface area (TPSA) is 36.5 Å². The van der Waals surface area contributed by atoms with Crippen LogP contribution in [0.3, 0.4) is 0 Å². The predicted molar refractivity (Wildman–Crippen MR) is 103 cm³/mol. The lowest BCUT2D eigenvalue weighted by atomic mass is 10.1. The Balaban J connectivity index is 2.01. The monoisotopic (exact) mass is 339 g/mol. The van der Waals surface area contributed by atoms with Crippen LogP contribution >= 0.6 is 12.2 Å². The van der Waals surface area contributed by atoms with Crippen molar-refractivity contribution in [1.29, 1.82) is 0 Å². The van der Waals surface area contributed by atoms with Gasteiger partial charge < -0.3 is 15.4 Å². The van der Waals surface area contributed by atoms with Crippen molar-refractivity contribution >= 4 is 17.3 Å². The summed E-state index contributed by atoms with van der Waals surface area (Å²) in [4.78, 5) is 2.44. The van der Waals surface area contributed by atoms with Gasteiger partial charge in [-0.25, -0.2) is 0 Å². The van der Waals surface area contributed by atoms with Gasteiger partial charge in [-0.2, -0.15) is 0 Å². The van der Waals surface area contributed by atoms with Crippen LogP contribution in [0.4, 0.5) is 0 Å². The van der Waals surface area contributed by atoms with E-state index in [2.05, 4.69) is 48.5 Å². The summed E-state index contributed by atoms with van der Waals surface area (Å²) in [5.74, 6) is 0. The van der Waals surface area contributed by atoms with E-state index in [0.717, 1.165) is 70.3 Å². The molecule has 1 fully saturated rings. The Labute approximate surface area is 147 Å². The molecule has 0 saturated carbocycles. The van der Waals surface area contributed by atoms with E-state index in [-0.39, 0.29) is 0 Å². The molecule has 132 valence electrons. The molecule has 4 nitrogen and oxygen atoms in total. The molecule has 2 N–H and O–H groups in total. The second-order valence-corrected chi connectivity index (χ2v) is 6.72. The Bertz CT molecular complexity index is 397. The Kier molecular flexibility index (Phi) is 10.9. The zero-order valence-corrected chi connectivity index (χ0v) is 15.8. The molecule has 1 rings (SSSR count). The summed E-state index contributed by atoms with van der Waals surface area (Å²) >= 11 is 5.30. The van der Waals surface area contributed by atoms with E-state index in [1.165, 1.54) is 11.1 Å². The van der Waals surface area contributed by atoms with Crippen LogP contribution < -0.4 is 10.6 Å². The summed E-state index contributed by atoms with van der Waals surface area (Å²) in [6, 6.07) is 0. The maximum atomic E-state index is 5.35. The molecule has 1 saturated heterocycles. The minimum Gasteiger partial charge on any atom is -0.379 e. The van der Waals surface area contributed by atoms with Crippen LogP contribution in [0.1, 0.15) is 40.0 Å². The first-order valence-electron chi connectivity index (χ1n) is 8.68. The summed E-state index contributed by atoms with van der Waals surface area (Å²) < 4.78 is 5.35. The highest BCUT2D eigenvalue weighted by Gasteiger charge is 2.08. The molecule has 0 aliphatic carbocycles. The van der Waals surface area contributed by atoms with Gasteiger partial charge in [-0.15, -0.1) is 0 Å². The van der Waals surface area contributed by atoms with Crippen molar-refractivity contribution < 1.29 is 4.74 Å². The van der Waals surface area contributed by atoms with E-state index in [0.29, 0.717) is 0 Å². The molecule has 0 bridgehead atoms. The minimum absolute atomic E-state index is 0.750. The van der Waals surface area contributed by atoms with E-state index < -0.39 is 0 Å². The van der Waals surface area contributed by atoms with E-state index in [9.17, 15) is 0 Å². The fourth-order valence-corrected chi connectivity index (χ4v) is 2.59. The van der Waals surface area contributed by atoms with Crippen molar-refractivity contribution in [2.75, 3.05) is 45.9 Å². The number of hydrogen-bond donors (Lipinski definition) is 2. The molecule has 0 amide bonds. The average Bonchev–Trinajstić information content (AvgIpc) is 2.52. The van der Waals surface area contributed by atoms with Crippen molar-refractivity contribution in [3.63, 3.8) is 0 Å². The summed E-state index contributed by atoms with van der Waals surface area (Å²) in [6.45, 7) is 13.1. The van der Waals surface area contributed by atoms with Gasteiger partial charge in [-0.3, -0.25) is 4.90 Å². The number of allylic oxidation sites excluding steroid dienone is 3. The Morgan fingerprint density at radius 2 is 1.87 bits per heavy atom. The number of hydrogen-bond acceptors (Lipinski definition) is 3. The van der Waals surface area contributed by atoms with Crippen LogP contribution in [0.2, 0.25) is 0 Å². The molecule has 0 spiro atoms. The van der Waals surface area contributed by atoms with Gasteiger partial charge in [-0.05, 0) is 58.8 Å². The van der Waals surface area contributed by atoms with Gasteiger partial charge in [0.2, 0.25) is 0 Å². The number of ether oxygens (including phenoxy) is 1. The third kappa shape index (κ3) is 11.3. The first-order valence-corrected chi connectivity index (χ1v) is 9.09. The van der Waals surface area contributed by atoms with Gasteiger partial charge in [0.15, 0.2) is 5.11 Å². The molecule has 0 atom stereocenters. The van der Waals surface area contributed by atoms with Crippen molar-refractivity contribution in [2.45, 2.75) is 40.0 Å². The van der Waals surface area contributed by atoms with Gasteiger partial charge >= 0.3 is 0 Å². The lowest BCUT2D eigenvalue weighted by Crippen LogP contribution is -2.39. The van der Waals surface area contributed by atoms with Crippen LogP contribution in [-0.2, 0) is 4.74 Å². The first-order chi connectivity index (χ1) is 11.1. The van der Waals surface area contributed by atoms with Crippen LogP contribution in [-0.4, -0.2) is 55.9 Å². The van der Waals surface area contributed by atoms with E-state index in [4.69, 9.17) is 17.0 Å². The summed E-state index contributed by atoms with van der Waals surface area (Å²) in [7, 11) is 0. The first kappa shape index (κ1) is 20.1. The molecule has 0 aromatic rings. The Morgan fingerprint density at radius 3 is 2.57 bits per heavy atom. The molecule has 0 aromatic carbocycles. The highest BCUT2D eigenvalue weighted by molar-refractivity contribution is 7.80. The number of thiocarbonyl (C=S) groups is 1. The zero-order chi connectivity index (χ0) is 16.9. The number of nitrogens with zero attached hydrogens (tertiary/aromatic N) is 1. The highest BCUT2D eigenvalue weighted by Crippen LogP contribution is 2.05. The normalized spacial score (nSPS) is 16.0. The van der Waals surface area contributed by atoms with Gasteiger partial charge in [0, 0.05) is 26.2 Å². The quantitative estimate of drug-likeness (QED) is 0.384. The van der Waals surface area contributed by atoms with Gasteiger partial charge in [0.1, 0.15) is 0 Å². The second-order valence-electron chi connectivity index (χ2n) is 6.31. The number of rotatable bonds is 9. The summed E-state index contributed by atoms with van der Waals surface area (Å²) in [5, 5.41) is 7.27. The van der Waals surface area contributed by atoms with Gasteiger partial charge in [-0.1, -0.05) is 23.3 Å². The maximum absolute atomic E-state index is 5.35. The summed E-state index contributed by atoms with van der Waals surface area (Å²) in [6.07, 6.45) is 7.85. The highest BCUT2D eigenvalue weighted by atomic mass is 32.1. The predicted octanol–water partition coefficient (Wildman–Crippen LogP) is 2.87. The van der Waals surface area contributed by atoms with Crippen molar-refractivity contribution in [1.82, 2.24) is 15.5 Å². The smallest absolute Gasteiger partial charge is 0.166 e. The van der Waals surface area contributed by atoms with Crippen LogP contribution in [0.25, 0.3) is 0 Å². The largest absolute Gasteiger partial charge is 0.379 e. The van der Waals surface area contributed by atoms with Crippen molar-refractivity contribution in [3.05, 3.63) is 23.3 Å². The maximum Gasteiger partial charge on any atom is 0.166 e. The molecule has 1 heterocycles. The van der Waals surface area contributed by atoms with E-state index in [1.807, 2.05) is 0 Å². The zero-order valence-electron chi connectivity index (χ0n) is 15.0. The molecule has 5 heteroatoms. The minimum atomic E-state index is 0.750. The fourth-order valence-electron chi connectivity index (χ4n) is 2.40. The second kappa shape index (κ2) is 12.5. The third-order valence-corrected chi connectivity index (χ3v) is 4.13. The molecule has 23 heavy (non-hydrogen) atoms. The number of nitrogens with one attached hydrogen (secondary N) is 2. The SMILES string of the molecule is CC(C)=CCC/C(C)=C/CNC(=S)NCCCN1CCOCC1. The van der Waals surface area contributed by atoms with Gasteiger partial charge in [0.05, 0.1) is 13.2 Å². The lowest BCUT2D eigenvalue weighted by Gasteiger charge is -2.26. The molecular formula is C18H33N3OS. The molecule has 0 aromatic heterocycles. The average molecular weight is 340 g/mol. The third-order valence-electron chi connectivity index (χ3n) is 3.84. The van der Waals surface area contributed by atoms with E-state index >= 15 is 0 Å². The number of morpholine rings is 1. The standard InChI is InChI=1S/C18H33N3OS/c1-16(2)6-4-7-17(3)8-10-20-18(23)19-9-5-11-21-12-14-22-15-13-21/h6,8H,4-5,7,9-15H2,1-3H3,(H2,19,20,23)/b17-8+. The van der Waals surface area contributed by atoms with Crippen LogP contribution in [0, 0.1) is 0 Å². The fraction of sp³-hybridized carbons (Fsp3) is 0.722. The Morgan fingerprint density at radius 1 is 1.13 bits per heavy atom. The molecule has 0 radical (unpaired) electrons. The lowest BCUT2D eigenvalue weighted by molar-refractivity contribution is 0.0376.